The van der Waals surface area contributed by atoms with E-state index >= 15 is 0 Å². The van der Waals surface area contributed by atoms with Gasteiger partial charge in [0.05, 0.1) is 17.9 Å². The van der Waals surface area contributed by atoms with Crippen molar-refractivity contribution in [3.63, 3.8) is 0 Å². The van der Waals surface area contributed by atoms with Crippen LogP contribution in [0.2, 0.25) is 0 Å². The summed E-state index contributed by atoms with van der Waals surface area (Å²) in [5.74, 6) is 0.514. The Morgan fingerprint density at radius 2 is 1.72 bits per heavy atom. The number of hydrogen-bond donors (Lipinski definition) is 2. The molecule has 1 amide bonds. The molecule has 0 bridgehead atoms. The highest BCUT2D eigenvalue weighted by Crippen LogP contribution is 2.14. The zero-order valence-electron chi connectivity index (χ0n) is 14.1. The summed E-state index contributed by atoms with van der Waals surface area (Å²) in [6.07, 6.45) is 0.922. The van der Waals surface area contributed by atoms with Crippen molar-refractivity contribution in [2.24, 2.45) is 0 Å². The maximum absolute atomic E-state index is 12.0. The van der Waals surface area contributed by atoms with Gasteiger partial charge in [-0.25, -0.2) is 13.1 Å². The minimum Gasteiger partial charge on any atom is -0.493 e. The first kappa shape index (κ1) is 19.0. The van der Waals surface area contributed by atoms with E-state index in [1.54, 1.807) is 12.1 Å². The van der Waals surface area contributed by atoms with Crippen LogP contribution in [0.5, 0.6) is 5.75 Å². The van der Waals surface area contributed by atoms with Gasteiger partial charge in [0.1, 0.15) is 5.75 Å². The lowest BCUT2D eigenvalue weighted by Crippen LogP contribution is -2.24. The second-order valence-electron chi connectivity index (χ2n) is 5.38. The Bertz CT molecular complexity index is 774. The van der Waals surface area contributed by atoms with E-state index in [0.717, 1.165) is 6.42 Å². The van der Waals surface area contributed by atoms with Gasteiger partial charge in [-0.15, -0.1) is 0 Å². The number of nitrogens with one attached hydrogen (secondary N) is 2. The second-order valence-corrected chi connectivity index (χ2v) is 7.15. The lowest BCUT2D eigenvalue weighted by Gasteiger charge is -2.09. The van der Waals surface area contributed by atoms with E-state index in [1.165, 1.54) is 12.1 Å². The zero-order chi connectivity index (χ0) is 18.1. The molecule has 0 aromatic heterocycles. The number of sulfonamides is 1. The van der Waals surface area contributed by atoms with Crippen LogP contribution in [0.25, 0.3) is 0 Å². The van der Waals surface area contributed by atoms with Crippen LogP contribution in [0.1, 0.15) is 19.8 Å². The van der Waals surface area contributed by atoms with Gasteiger partial charge in [-0.3, -0.25) is 4.79 Å². The summed E-state index contributed by atoms with van der Waals surface area (Å²) in [6, 6.07) is 15.3. The van der Waals surface area contributed by atoms with E-state index in [4.69, 9.17) is 4.74 Å². The summed E-state index contributed by atoms with van der Waals surface area (Å²) < 4.78 is 31.9. The highest BCUT2D eigenvalue weighted by atomic mass is 32.2. The van der Waals surface area contributed by atoms with Crippen molar-refractivity contribution in [2.45, 2.75) is 24.7 Å². The molecule has 2 aromatic carbocycles. The summed E-state index contributed by atoms with van der Waals surface area (Å²) in [5.41, 5.74) is 0.541. The zero-order valence-corrected chi connectivity index (χ0v) is 14.9. The topological polar surface area (TPSA) is 84.5 Å². The van der Waals surface area contributed by atoms with Gasteiger partial charge in [0.25, 0.3) is 0 Å². The maximum Gasteiger partial charge on any atom is 0.240 e. The average Bonchev–Trinajstić information content (AvgIpc) is 2.61. The van der Waals surface area contributed by atoms with Crippen LogP contribution in [0.15, 0.2) is 59.5 Å². The van der Waals surface area contributed by atoms with Crippen LogP contribution in [0.3, 0.4) is 0 Å². The van der Waals surface area contributed by atoms with E-state index in [2.05, 4.69) is 10.0 Å². The van der Waals surface area contributed by atoms with Gasteiger partial charge >= 0.3 is 0 Å². The number of anilines is 1. The fourth-order valence-electron chi connectivity index (χ4n) is 2.04. The van der Waals surface area contributed by atoms with Crippen LogP contribution in [0, 0.1) is 0 Å². The molecule has 2 N–H and O–H groups in total. The lowest BCUT2D eigenvalue weighted by molar-refractivity contribution is -0.116. The van der Waals surface area contributed by atoms with E-state index in [0.29, 0.717) is 18.0 Å². The first-order valence-electron chi connectivity index (χ1n) is 8.08. The van der Waals surface area contributed by atoms with Gasteiger partial charge in [0, 0.05) is 12.2 Å². The smallest absolute Gasteiger partial charge is 0.240 e. The fraction of sp³-hybridized carbons (Fsp3) is 0.278. The van der Waals surface area contributed by atoms with Crippen molar-refractivity contribution >= 4 is 21.6 Å². The summed E-state index contributed by atoms with van der Waals surface area (Å²) in [6.45, 7) is 2.55. The van der Waals surface area contributed by atoms with Crippen LogP contribution in [0.4, 0.5) is 5.69 Å². The predicted octanol–water partition coefficient (Wildman–Crippen LogP) is 2.78. The van der Waals surface area contributed by atoms with Crippen LogP contribution in [-0.2, 0) is 14.8 Å². The summed E-state index contributed by atoms with van der Waals surface area (Å²) >= 11 is 0. The molecule has 0 fully saturated rings. The minimum absolute atomic E-state index is 0.173. The molecule has 0 atom stereocenters. The standard InChI is InChI=1S/C18H22N2O4S/c1-2-13-19-25(22,23)17-10-8-15(9-11-17)20-18(21)12-14-24-16-6-4-3-5-7-16/h3-11,19H,2,12-14H2,1H3,(H,20,21). The molecule has 0 saturated carbocycles. The van der Waals surface area contributed by atoms with Gasteiger partial charge in [0.2, 0.25) is 15.9 Å². The summed E-state index contributed by atoms with van der Waals surface area (Å²) in [5, 5.41) is 2.72. The van der Waals surface area contributed by atoms with Crippen LogP contribution < -0.4 is 14.8 Å². The molecule has 134 valence electrons. The Kier molecular flexibility index (Phi) is 6.97. The highest BCUT2D eigenvalue weighted by Gasteiger charge is 2.12. The van der Waals surface area contributed by atoms with Crippen molar-refractivity contribution in [3.05, 3.63) is 54.6 Å². The van der Waals surface area contributed by atoms with Crippen molar-refractivity contribution in [2.75, 3.05) is 18.5 Å². The summed E-state index contributed by atoms with van der Waals surface area (Å²) in [4.78, 5) is 12.1. The first-order chi connectivity index (χ1) is 12.0. The lowest BCUT2D eigenvalue weighted by atomic mass is 10.3. The number of benzene rings is 2. The third-order valence-corrected chi connectivity index (χ3v) is 4.81. The van der Waals surface area contributed by atoms with E-state index in [-0.39, 0.29) is 23.8 Å². The number of carbonyl (C=O) groups excluding carboxylic acids is 1. The molecule has 0 spiro atoms. The molecule has 2 rings (SSSR count). The Labute approximate surface area is 148 Å². The molecule has 7 heteroatoms. The van der Waals surface area contributed by atoms with E-state index < -0.39 is 10.0 Å². The first-order valence-corrected chi connectivity index (χ1v) is 9.57. The average molecular weight is 362 g/mol. The normalized spacial score (nSPS) is 11.1. The number of hydrogen-bond acceptors (Lipinski definition) is 4. The van der Waals surface area contributed by atoms with Crippen molar-refractivity contribution < 1.29 is 17.9 Å². The molecule has 25 heavy (non-hydrogen) atoms. The third-order valence-electron chi connectivity index (χ3n) is 3.33. The van der Waals surface area contributed by atoms with Gasteiger partial charge < -0.3 is 10.1 Å². The van der Waals surface area contributed by atoms with Crippen molar-refractivity contribution in [1.29, 1.82) is 0 Å². The fourth-order valence-corrected chi connectivity index (χ4v) is 3.17. The van der Waals surface area contributed by atoms with Gasteiger partial charge in [-0.05, 0) is 42.8 Å². The van der Waals surface area contributed by atoms with Gasteiger partial charge in [0.15, 0.2) is 0 Å². The van der Waals surface area contributed by atoms with Crippen molar-refractivity contribution in [3.8, 4) is 5.75 Å². The largest absolute Gasteiger partial charge is 0.493 e. The summed E-state index contributed by atoms with van der Waals surface area (Å²) in [7, 11) is -3.50. The minimum atomic E-state index is -3.50. The quantitative estimate of drug-likeness (QED) is 0.718. The second kappa shape index (κ2) is 9.19. The highest BCUT2D eigenvalue weighted by molar-refractivity contribution is 7.89. The molecule has 0 aliphatic rings. The van der Waals surface area contributed by atoms with E-state index in [9.17, 15) is 13.2 Å². The number of amides is 1. The molecule has 0 saturated heterocycles. The molecular weight excluding hydrogens is 340 g/mol. The van der Waals surface area contributed by atoms with Gasteiger partial charge in [-0.1, -0.05) is 25.1 Å². The molecular formula is C18H22N2O4S. The number of rotatable bonds is 9. The maximum atomic E-state index is 12.0. The molecule has 2 aromatic rings. The number of ether oxygens (including phenoxy) is 1. The molecule has 0 unspecified atom stereocenters. The Hall–Kier alpha value is -2.38. The molecule has 0 aliphatic heterocycles. The molecule has 0 radical (unpaired) electrons. The third kappa shape index (κ3) is 6.21. The SMILES string of the molecule is CCCNS(=O)(=O)c1ccc(NC(=O)CCOc2ccccc2)cc1. The number of carbonyl (C=O) groups is 1. The molecule has 6 nitrogen and oxygen atoms in total. The van der Waals surface area contributed by atoms with E-state index in [1.807, 2.05) is 37.3 Å². The predicted molar refractivity (Wildman–Crippen MR) is 97.1 cm³/mol. The van der Waals surface area contributed by atoms with Crippen molar-refractivity contribution in [1.82, 2.24) is 4.72 Å². The van der Waals surface area contributed by atoms with Crippen LogP contribution >= 0.6 is 0 Å². The monoisotopic (exact) mass is 362 g/mol. The molecule has 0 aliphatic carbocycles. The van der Waals surface area contributed by atoms with Gasteiger partial charge in [-0.2, -0.15) is 0 Å². The molecule has 0 heterocycles. The Morgan fingerprint density at radius 3 is 2.36 bits per heavy atom. The Morgan fingerprint density at radius 1 is 1.04 bits per heavy atom. The number of para-hydroxylation sites is 1. The van der Waals surface area contributed by atoms with Crippen LogP contribution in [-0.4, -0.2) is 27.5 Å². The Balaban J connectivity index is 1.83.